The van der Waals surface area contributed by atoms with E-state index in [2.05, 4.69) is 18.9 Å². The van der Waals surface area contributed by atoms with Crippen LogP contribution in [0, 0.1) is 11.3 Å². The maximum absolute atomic E-state index is 2.47. The molecule has 0 aromatic rings. The summed E-state index contributed by atoms with van der Waals surface area (Å²) < 4.78 is 0. The van der Waals surface area contributed by atoms with Crippen LogP contribution in [-0.2, 0) is 0 Å². The summed E-state index contributed by atoms with van der Waals surface area (Å²) in [6.07, 6.45) is 3.00. The summed E-state index contributed by atoms with van der Waals surface area (Å²) in [4.78, 5) is 2.47. The van der Waals surface area contributed by atoms with E-state index >= 15 is 0 Å². The van der Waals surface area contributed by atoms with Gasteiger partial charge in [-0.05, 0) is 31.2 Å². The largest absolute Gasteiger partial charge is 0.306 e. The first-order valence-corrected chi connectivity index (χ1v) is 3.91. The van der Waals surface area contributed by atoms with Crippen molar-refractivity contribution >= 4 is 0 Å². The molecule has 52 valence electrons. The Balaban J connectivity index is 2.10. The second-order valence-electron chi connectivity index (χ2n) is 3.96. The van der Waals surface area contributed by atoms with Crippen LogP contribution in [-0.4, -0.2) is 25.0 Å². The highest BCUT2D eigenvalue weighted by atomic mass is 15.1. The summed E-state index contributed by atoms with van der Waals surface area (Å²) >= 11 is 0. The summed E-state index contributed by atoms with van der Waals surface area (Å²) in [6, 6.07) is 0. The highest BCUT2D eigenvalue weighted by Crippen LogP contribution is 2.55. The second-order valence-corrected chi connectivity index (χ2v) is 3.96. The Labute approximate surface area is 57.0 Å². The standard InChI is InChI=1S/C8H15N/c1-7-5-9(2)6-8(7)3-4-8/h7H,3-6H2,1-2H3. The molecule has 1 heterocycles. The number of rotatable bonds is 0. The Morgan fingerprint density at radius 3 is 2.33 bits per heavy atom. The molecule has 1 aliphatic heterocycles. The number of hydrogen-bond acceptors (Lipinski definition) is 1. The molecule has 2 fully saturated rings. The molecule has 1 heteroatoms. The van der Waals surface area contributed by atoms with E-state index in [1.54, 1.807) is 0 Å². The number of hydrogen-bond donors (Lipinski definition) is 0. The van der Waals surface area contributed by atoms with Gasteiger partial charge in [0.25, 0.3) is 0 Å². The van der Waals surface area contributed by atoms with Gasteiger partial charge >= 0.3 is 0 Å². The van der Waals surface area contributed by atoms with Crippen molar-refractivity contribution in [2.75, 3.05) is 20.1 Å². The van der Waals surface area contributed by atoms with Crippen LogP contribution >= 0.6 is 0 Å². The van der Waals surface area contributed by atoms with Crippen molar-refractivity contribution in [2.24, 2.45) is 11.3 Å². The predicted molar refractivity (Wildman–Crippen MR) is 38.3 cm³/mol. The van der Waals surface area contributed by atoms with Crippen molar-refractivity contribution in [3.05, 3.63) is 0 Å². The third-order valence-electron chi connectivity index (χ3n) is 3.11. The maximum Gasteiger partial charge on any atom is 0.00381 e. The summed E-state index contributed by atoms with van der Waals surface area (Å²) in [5.74, 6) is 0.975. The molecular weight excluding hydrogens is 110 g/mol. The van der Waals surface area contributed by atoms with Crippen molar-refractivity contribution in [3.8, 4) is 0 Å². The fourth-order valence-electron chi connectivity index (χ4n) is 2.23. The molecule has 2 rings (SSSR count). The molecule has 1 atom stereocenters. The van der Waals surface area contributed by atoms with Gasteiger partial charge in [0.2, 0.25) is 0 Å². The first-order chi connectivity index (χ1) is 4.23. The van der Waals surface area contributed by atoms with Gasteiger partial charge in [0.15, 0.2) is 0 Å². The van der Waals surface area contributed by atoms with Gasteiger partial charge in [-0.3, -0.25) is 0 Å². The lowest BCUT2D eigenvalue weighted by Crippen LogP contribution is -2.14. The molecule has 1 saturated carbocycles. The number of likely N-dealkylation sites (tertiary alicyclic amines) is 1. The van der Waals surface area contributed by atoms with Gasteiger partial charge in [0.1, 0.15) is 0 Å². The average molecular weight is 125 g/mol. The van der Waals surface area contributed by atoms with Crippen LogP contribution in [0.5, 0.6) is 0 Å². The molecule has 0 aromatic carbocycles. The Bertz CT molecular complexity index is 127. The van der Waals surface area contributed by atoms with E-state index in [1.807, 2.05) is 0 Å². The highest BCUT2D eigenvalue weighted by Gasteiger charge is 2.51. The first kappa shape index (κ1) is 5.72. The molecule has 9 heavy (non-hydrogen) atoms. The monoisotopic (exact) mass is 125 g/mol. The van der Waals surface area contributed by atoms with Crippen molar-refractivity contribution in [2.45, 2.75) is 19.8 Å². The fraction of sp³-hybridized carbons (Fsp3) is 1.00. The molecule has 0 amide bonds. The second kappa shape index (κ2) is 1.51. The first-order valence-electron chi connectivity index (χ1n) is 3.91. The van der Waals surface area contributed by atoms with Gasteiger partial charge in [-0.1, -0.05) is 6.92 Å². The maximum atomic E-state index is 2.47. The lowest BCUT2D eigenvalue weighted by molar-refractivity contribution is 0.389. The quantitative estimate of drug-likeness (QED) is 0.472. The highest BCUT2D eigenvalue weighted by molar-refractivity contribution is 5.03. The minimum atomic E-state index is 0.800. The zero-order valence-corrected chi connectivity index (χ0v) is 6.35. The molecule has 1 nitrogen and oxygen atoms in total. The Hall–Kier alpha value is -0.0400. The van der Waals surface area contributed by atoms with E-state index in [4.69, 9.17) is 0 Å². The fourth-order valence-corrected chi connectivity index (χ4v) is 2.23. The Morgan fingerprint density at radius 2 is 2.11 bits per heavy atom. The van der Waals surface area contributed by atoms with Gasteiger partial charge in [0, 0.05) is 13.1 Å². The lowest BCUT2D eigenvalue weighted by atomic mass is 9.95. The van der Waals surface area contributed by atoms with Gasteiger partial charge in [-0.2, -0.15) is 0 Å². The van der Waals surface area contributed by atoms with Crippen LogP contribution in [0.2, 0.25) is 0 Å². The van der Waals surface area contributed by atoms with Crippen molar-refractivity contribution in [1.82, 2.24) is 4.90 Å². The summed E-state index contributed by atoms with van der Waals surface area (Å²) in [6.45, 7) is 5.10. The Morgan fingerprint density at radius 1 is 1.44 bits per heavy atom. The molecule has 0 N–H and O–H groups in total. The van der Waals surface area contributed by atoms with Gasteiger partial charge in [0.05, 0.1) is 0 Å². The SMILES string of the molecule is CC1CN(C)CC12CC2. The molecule has 1 spiro atoms. The van der Waals surface area contributed by atoms with Crippen molar-refractivity contribution < 1.29 is 0 Å². The third-order valence-corrected chi connectivity index (χ3v) is 3.11. The average Bonchev–Trinajstić information content (AvgIpc) is 2.42. The summed E-state index contributed by atoms with van der Waals surface area (Å²) in [7, 11) is 2.24. The van der Waals surface area contributed by atoms with Crippen molar-refractivity contribution in [1.29, 1.82) is 0 Å². The van der Waals surface area contributed by atoms with Gasteiger partial charge in [-0.25, -0.2) is 0 Å². The van der Waals surface area contributed by atoms with Crippen LogP contribution < -0.4 is 0 Å². The normalized spacial score (nSPS) is 40.0. The van der Waals surface area contributed by atoms with E-state index in [-0.39, 0.29) is 0 Å². The van der Waals surface area contributed by atoms with Gasteiger partial charge in [-0.15, -0.1) is 0 Å². The summed E-state index contributed by atoms with van der Waals surface area (Å²) in [5, 5.41) is 0. The van der Waals surface area contributed by atoms with Crippen LogP contribution in [0.3, 0.4) is 0 Å². The third kappa shape index (κ3) is 0.710. The molecule has 0 aromatic heterocycles. The molecule has 0 bridgehead atoms. The van der Waals surface area contributed by atoms with Crippen LogP contribution in [0.15, 0.2) is 0 Å². The minimum Gasteiger partial charge on any atom is -0.306 e. The van der Waals surface area contributed by atoms with E-state index < -0.39 is 0 Å². The lowest BCUT2D eigenvalue weighted by Gasteiger charge is -2.08. The minimum absolute atomic E-state index is 0.800. The van der Waals surface area contributed by atoms with Crippen molar-refractivity contribution in [3.63, 3.8) is 0 Å². The smallest absolute Gasteiger partial charge is 0.00381 e. The molecule has 1 aliphatic carbocycles. The zero-order chi connectivity index (χ0) is 6.48. The molecule has 2 aliphatic rings. The number of nitrogens with zero attached hydrogens (tertiary/aromatic N) is 1. The topological polar surface area (TPSA) is 3.24 Å². The molecule has 1 unspecified atom stereocenters. The van der Waals surface area contributed by atoms with Gasteiger partial charge < -0.3 is 4.90 Å². The van der Waals surface area contributed by atoms with E-state index in [9.17, 15) is 0 Å². The molecule has 1 saturated heterocycles. The molecule has 0 radical (unpaired) electrons. The Kier molecular flexibility index (Phi) is 0.963. The van der Waals surface area contributed by atoms with Crippen LogP contribution in [0.1, 0.15) is 19.8 Å². The zero-order valence-electron chi connectivity index (χ0n) is 6.35. The summed E-state index contributed by atoms with van der Waals surface area (Å²) in [5.41, 5.74) is 0.800. The van der Waals surface area contributed by atoms with E-state index in [0.717, 1.165) is 11.3 Å². The van der Waals surface area contributed by atoms with Crippen LogP contribution in [0.4, 0.5) is 0 Å². The van der Waals surface area contributed by atoms with E-state index in [1.165, 1.54) is 25.9 Å². The molecular formula is C8H15N. The predicted octanol–water partition coefficient (Wildman–Crippen LogP) is 1.35. The van der Waals surface area contributed by atoms with Crippen LogP contribution in [0.25, 0.3) is 0 Å². The van der Waals surface area contributed by atoms with E-state index in [0.29, 0.717) is 0 Å².